The highest BCUT2D eigenvalue weighted by Crippen LogP contribution is 2.56. The van der Waals surface area contributed by atoms with Gasteiger partial charge < -0.3 is 0 Å². The van der Waals surface area contributed by atoms with Crippen molar-refractivity contribution in [3.05, 3.63) is 179 Å². The number of aryl methyl sites for hydroxylation is 2. The molecule has 0 aromatic heterocycles. The van der Waals surface area contributed by atoms with Crippen molar-refractivity contribution in [2.24, 2.45) is 0 Å². The molecule has 7 rings (SSSR count). The Bertz CT molecular complexity index is 2250. The summed E-state index contributed by atoms with van der Waals surface area (Å²) < 4.78 is 44.2. The molecule has 49 heavy (non-hydrogen) atoms. The fraction of sp³-hybridized carbons (Fsp3) is 0.0667. The molecule has 0 amide bonds. The topological polar surface area (TPSA) is 0 Å². The third kappa shape index (κ3) is 6.49. The van der Waals surface area contributed by atoms with Crippen molar-refractivity contribution in [2.45, 2.75) is 20.0 Å². The van der Waals surface area contributed by atoms with Crippen LogP contribution in [-0.2, 0) is 6.18 Å². The van der Waals surface area contributed by atoms with Gasteiger partial charge in [0.05, 0.1) is 5.56 Å². The summed E-state index contributed by atoms with van der Waals surface area (Å²) in [6.07, 6.45) is -4.51. The second-order valence-electron chi connectivity index (χ2n) is 12.3. The van der Waals surface area contributed by atoms with Crippen LogP contribution >= 0.6 is 15.9 Å². The van der Waals surface area contributed by atoms with E-state index < -0.39 is 11.7 Å². The van der Waals surface area contributed by atoms with Crippen LogP contribution in [0.4, 0.5) is 13.2 Å². The van der Waals surface area contributed by atoms with Crippen LogP contribution < -0.4 is 0 Å². The second kappa shape index (κ2) is 13.4. The average Bonchev–Trinajstić information content (AvgIpc) is 3.11. The van der Waals surface area contributed by atoms with Crippen LogP contribution in [0.2, 0.25) is 0 Å². The number of hydrogen-bond acceptors (Lipinski definition) is 0. The highest BCUT2D eigenvalue weighted by molar-refractivity contribution is 9.10. The average molecular weight is 710 g/mol. The van der Waals surface area contributed by atoms with Crippen molar-refractivity contribution in [3.63, 3.8) is 0 Å². The monoisotopic (exact) mass is 708 g/mol. The standard InChI is InChI=1S/C45H32BrF3/c1-29-19-21-33(22-20-29)41-39(31-12-5-3-6-13-31)40(32-14-7-4-8-15-32)42(34-23-25-38(46)26-24-34)43(35-16-9-11-30(2)27-35)44(41)36-17-10-18-37(28-36)45(47,48)49/h3-28H,1-2H3. The molecule has 0 radical (unpaired) electrons. The zero-order chi connectivity index (χ0) is 34.1. The summed E-state index contributed by atoms with van der Waals surface area (Å²) in [7, 11) is 0. The van der Waals surface area contributed by atoms with Crippen LogP contribution in [0.1, 0.15) is 16.7 Å². The van der Waals surface area contributed by atoms with Gasteiger partial charge in [0.2, 0.25) is 0 Å². The van der Waals surface area contributed by atoms with E-state index in [1.807, 2.05) is 80.6 Å². The van der Waals surface area contributed by atoms with Gasteiger partial charge in [-0.25, -0.2) is 0 Å². The van der Waals surface area contributed by atoms with Crippen molar-refractivity contribution < 1.29 is 13.2 Å². The number of hydrogen-bond donors (Lipinski definition) is 0. The van der Waals surface area contributed by atoms with Crippen molar-refractivity contribution in [2.75, 3.05) is 0 Å². The van der Waals surface area contributed by atoms with Gasteiger partial charge in [0.25, 0.3) is 0 Å². The van der Waals surface area contributed by atoms with Gasteiger partial charge in [0, 0.05) is 4.47 Å². The summed E-state index contributed by atoms with van der Waals surface area (Å²) in [4.78, 5) is 0. The Morgan fingerprint density at radius 2 is 0.755 bits per heavy atom. The second-order valence-corrected chi connectivity index (χ2v) is 13.2. The van der Waals surface area contributed by atoms with Crippen LogP contribution in [0.3, 0.4) is 0 Å². The van der Waals surface area contributed by atoms with Gasteiger partial charge in [0.15, 0.2) is 0 Å². The van der Waals surface area contributed by atoms with Gasteiger partial charge in [-0.2, -0.15) is 13.2 Å². The van der Waals surface area contributed by atoms with Crippen LogP contribution in [-0.4, -0.2) is 0 Å². The normalized spacial score (nSPS) is 11.5. The van der Waals surface area contributed by atoms with Gasteiger partial charge in [-0.1, -0.05) is 161 Å². The van der Waals surface area contributed by atoms with Crippen molar-refractivity contribution in [3.8, 4) is 66.8 Å². The molecule has 0 aliphatic heterocycles. The molecule has 7 aromatic carbocycles. The summed E-state index contributed by atoms with van der Waals surface area (Å²) in [5.74, 6) is 0. The van der Waals surface area contributed by atoms with Crippen LogP contribution in [0, 0.1) is 13.8 Å². The molecule has 7 aromatic rings. The SMILES string of the molecule is Cc1ccc(-c2c(-c3ccccc3)c(-c3ccccc3)c(-c3ccc(Br)cc3)c(-c3cccc(C)c3)c2-c2cccc(C(F)(F)F)c2)cc1. The summed E-state index contributed by atoms with van der Waals surface area (Å²) in [6, 6.07) is 51.1. The first kappa shape index (κ1) is 32.4. The maximum Gasteiger partial charge on any atom is 0.416 e. The third-order valence-corrected chi connectivity index (χ3v) is 9.41. The predicted molar refractivity (Wildman–Crippen MR) is 201 cm³/mol. The van der Waals surface area contributed by atoms with E-state index in [-0.39, 0.29) is 0 Å². The third-order valence-electron chi connectivity index (χ3n) is 8.88. The highest BCUT2D eigenvalue weighted by atomic mass is 79.9. The number of rotatable bonds is 6. The zero-order valence-electron chi connectivity index (χ0n) is 27.0. The maximum atomic E-state index is 14.4. The fourth-order valence-electron chi connectivity index (χ4n) is 6.68. The quantitative estimate of drug-likeness (QED) is 0.161. The van der Waals surface area contributed by atoms with Gasteiger partial charge in [0.1, 0.15) is 0 Å². The molecule has 0 heterocycles. The Labute approximate surface area is 293 Å². The lowest BCUT2D eigenvalue weighted by atomic mass is 9.74. The minimum absolute atomic E-state index is 0.497. The Morgan fingerprint density at radius 1 is 0.367 bits per heavy atom. The van der Waals surface area contributed by atoms with E-state index in [2.05, 4.69) is 88.7 Å². The van der Waals surface area contributed by atoms with Gasteiger partial charge >= 0.3 is 6.18 Å². The minimum atomic E-state index is -4.51. The number of halogens is 4. The van der Waals surface area contributed by atoms with E-state index in [0.29, 0.717) is 5.56 Å². The van der Waals surface area contributed by atoms with Crippen molar-refractivity contribution in [1.29, 1.82) is 0 Å². The number of alkyl halides is 3. The van der Waals surface area contributed by atoms with Crippen molar-refractivity contribution >= 4 is 15.9 Å². The summed E-state index contributed by atoms with van der Waals surface area (Å²) in [5, 5.41) is 0. The Balaban J connectivity index is 1.82. The van der Waals surface area contributed by atoms with Gasteiger partial charge in [-0.05, 0) is 105 Å². The minimum Gasteiger partial charge on any atom is -0.166 e. The molecule has 0 fully saturated rings. The molecule has 0 aliphatic carbocycles. The van der Waals surface area contributed by atoms with E-state index in [4.69, 9.17) is 0 Å². The summed E-state index contributed by atoms with van der Waals surface area (Å²) in [5.41, 5.74) is 12.2. The lowest BCUT2D eigenvalue weighted by Crippen LogP contribution is -2.06. The van der Waals surface area contributed by atoms with E-state index in [9.17, 15) is 13.2 Å². The lowest BCUT2D eigenvalue weighted by molar-refractivity contribution is -0.137. The van der Waals surface area contributed by atoms with Crippen LogP contribution in [0.5, 0.6) is 0 Å². The zero-order valence-corrected chi connectivity index (χ0v) is 28.6. The molecule has 240 valence electrons. The van der Waals surface area contributed by atoms with Crippen LogP contribution in [0.25, 0.3) is 66.8 Å². The molecule has 0 atom stereocenters. The molecule has 0 unspecified atom stereocenters. The summed E-state index contributed by atoms with van der Waals surface area (Å²) in [6.45, 7) is 4.09. The maximum absolute atomic E-state index is 14.4. The van der Waals surface area contributed by atoms with E-state index in [0.717, 1.165) is 82.9 Å². The molecular formula is C45H32BrF3. The molecule has 0 aliphatic rings. The first-order valence-electron chi connectivity index (χ1n) is 16.1. The molecule has 0 saturated heterocycles. The van der Waals surface area contributed by atoms with Gasteiger partial charge in [-0.3, -0.25) is 0 Å². The smallest absolute Gasteiger partial charge is 0.166 e. The van der Waals surface area contributed by atoms with E-state index in [1.54, 1.807) is 0 Å². The van der Waals surface area contributed by atoms with Crippen LogP contribution in [0.15, 0.2) is 162 Å². The molecular weight excluding hydrogens is 677 g/mol. The first-order valence-corrected chi connectivity index (χ1v) is 16.9. The fourth-order valence-corrected chi connectivity index (χ4v) is 6.94. The molecule has 0 saturated carbocycles. The molecule has 4 heteroatoms. The summed E-state index contributed by atoms with van der Waals surface area (Å²) >= 11 is 3.62. The Morgan fingerprint density at radius 3 is 1.22 bits per heavy atom. The van der Waals surface area contributed by atoms with E-state index >= 15 is 0 Å². The van der Waals surface area contributed by atoms with E-state index in [1.165, 1.54) is 12.1 Å². The van der Waals surface area contributed by atoms with Crippen molar-refractivity contribution in [1.82, 2.24) is 0 Å². The Hall–Kier alpha value is -5.19. The molecule has 0 bridgehead atoms. The molecule has 0 spiro atoms. The Kier molecular flexibility index (Phi) is 8.83. The lowest BCUT2D eigenvalue weighted by Gasteiger charge is -2.29. The predicted octanol–water partition coefficient (Wildman–Crippen LogP) is 14.1. The largest absolute Gasteiger partial charge is 0.416 e. The highest BCUT2D eigenvalue weighted by Gasteiger charge is 2.33. The molecule has 0 N–H and O–H groups in total. The number of benzene rings is 7. The van der Waals surface area contributed by atoms with Gasteiger partial charge in [-0.15, -0.1) is 0 Å². The first-order chi connectivity index (χ1) is 23.7. The molecule has 0 nitrogen and oxygen atoms in total.